The molecule has 0 radical (unpaired) electrons. The monoisotopic (exact) mass is 146 g/mol. The van der Waals surface area contributed by atoms with Crippen molar-refractivity contribution in [2.75, 3.05) is 12.5 Å². The molecular weight excluding hydrogens is 136 g/mol. The third kappa shape index (κ3) is 2.02. The van der Waals surface area contributed by atoms with Gasteiger partial charge in [-0.25, -0.2) is 0 Å². The lowest BCUT2D eigenvalue weighted by Gasteiger charge is -2.16. The van der Waals surface area contributed by atoms with Crippen molar-refractivity contribution in [3.05, 3.63) is 0 Å². The van der Waals surface area contributed by atoms with Crippen LogP contribution in [0.5, 0.6) is 0 Å². The zero-order valence-electron chi connectivity index (χ0n) is 5.39. The predicted molar refractivity (Wildman–Crippen MR) is 44.3 cm³/mol. The van der Waals surface area contributed by atoms with E-state index in [0.29, 0.717) is 0 Å². The van der Waals surface area contributed by atoms with Crippen LogP contribution >= 0.6 is 23.5 Å². The van der Waals surface area contributed by atoms with E-state index in [1.807, 2.05) is 19.4 Å². The molecule has 0 aromatic heterocycles. The molecule has 0 aliphatic rings. The summed E-state index contributed by atoms with van der Waals surface area (Å²) < 4.78 is -0.0139. The van der Waals surface area contributed by atoms with Gasteiger partial charge in [0, 0.05) is 0 Å². The lowest BCUT2D eigenvalue weighted by atomic mass is 10.5. The third-order valence-electron chi connectivity index (χ3n) is 1.04. The Kier molecular flexibility index (Phi) is 3.43. The summed E-state index contributed by atoms with van der Waals surface area (Å²) in [7, 11) is 0. The smallest absolute Gasteiger partial charge is 0.118 e. The number of thioether (sulfide) groups is 2. The zero-order chi connectivity index (χ0) is 6.62. The van der Waals surface area contributed by atoms with Gasteiger partial charge in [0.1, 0.15) is 4.08 Å². The second-order valence-electron chi connectivity index (χ2n) is 1.50. The van der Waals surface area contributed by atoms with E-state index >= 15 is 0 Å². The fourth-order valence-corrected chi connectivity index (χ4v) is 1.10. The molecule has 0 spiro atoms. The molecule has 0 bridgehead atoms. The maximum atomic E-state index is 5.24. The number of hydrogen-bond acceptors (Lipinski definition) is 2. The first-order chi connectivity index (χ1) is 3.68. The van der Waals surface area contributed by atoms with Crippen molar-refractivity contribution in [1.82, 2.24) is 0 Å². The highest BCUT2D eigenvalue weighted by Gasteiger charge is 2.15. The van der Waals surface area contributed by atoms with E-state index in [1.165, 1.54) is 0 Å². The summed E-state index contributed by atoms with van der Waals surface area (Å²) in [4.78, 5) is 0. The molecule has 2 heteroatoms. The second-order valence-corrected chi connectivity index (χ2v) is 4.21. The molecule has 0 fully saturated rings. The quantitative estimate of drug-likeness (QED) is 0.432. The van der Waals surface area contributed by atoms with E-state index < -0.39 is 0 Å². The Morgan fingerprint density at radius 3 is 1.75 bits per heavy atom. The third-order valence-corrected chi connectivity index (χ3v) is 3.84. The van der Waals surface area contributed by atoms with E-state index in [1.54, 1.807) is 23.5 Å². The first-order valence-electron chi connectivity index (χ1n) is 2.26. The fraction of sp³-hybridized carbons (Fsp3) is 0.667. The Balaban J connectivity index is 3.83. The van der Waals surface area contributed by atoms with Crippen LogP contribution in [0.2, 0.25) is 0 Å². The first kappa shape index (κ1) is 8.26. The van der Waals surface area contributed by atoms with Gasteiger partial charge in [-0.05, 0) is 19.4 Å². The van der Waals surface area contributed by atoms with E-state index in [-0.39, 0.29) is 4.08 Å². The average Bonchev–Trinajstić information content (AvgIpc) is 1.87. The van der Waals surface area contributed by atoms with Crippen molar-refractivity contribution in [3.8, 4) is 12.3 Å². The molecule has 0 rings (SSSR count). The van der Waals surface area contributed by atoms with Crippen molar-refractivity contribution in [2.45, 2.75) is 11.0 Å². The van der Waals surface area contributed by atoms with Gasteiger partial charge in [-0.1, -0.05) is 5.92 Å². The molecule has 46 valence electrons. The molecule has 0 saturated carbocycles. The van der Waals surface area contributed by atoms with Crippen LogP contribution in [-0.4, -0.2) is 16.6 Å². The number of terminal acetylenes is 1. The van der Waals surface area contributed by atoms with E-state index in [9.17, 15) is 0 Å². The van der Waals surface area contributed by atoms with Gasteiger partial charge in [0.2, 0.25) is 0 Å². The van der Waals surface area contributed by atoms with Crippen LogP contribution in [0.25, 0.3) is 0 Å². The summed E-state index contributed by atoms with van der Waals surface area (Å²) in [6.07, 6.45) is 9.28. The normalized spacial score (nSPS) is 10.8. The lowest BCUT2D eigenvalue weighted by molar-refractivity contribution is 1.21. The van der Waals surface area contributed by atoms with Crippen LogP contribution in [0.3, 0.4) is 0 Å². The summed E-state index contributed by atoms with van der Waals surface area (Å²) in [5.74, 6) is 2.70. The minimum Gasteiger partial charge on any atom is -0.135 e. The molecule has 0 unspecified atom stereocenters. The molecule has 0 aromatic rings. The van der Waals surface area contributed by atoms with E-state index in [0.717, 1.165) is 0 Å². The minimum atomic E-state index is -0.0139. The van der Waals surface area contributed by atoms with Crippen LogP contribution < -0.4 is 0 Å². The maximum absolute atomic E-state index is 5.24. The number of hydrogen-bond donors (Lipinski definition) is 0. The van der Waals surface area contributed by atoms with Gasteiger partial charge in [-0.3, -0.25) is 0 Å². The van der Waals surface area contributed by atoms with Gasteiger partial charge in [-0.2, -0.15) is 0 Å². The van der Waals surface area contributed by atoms with Crippen molar-refractivity contribution < 1.29 is 0 Å². The zero-order valence-corrected chi connectivity index (χ0v) is 7.03. The van der Waals surface area contributed by atoms with E-state index in [4.69, 9.17) is 6.42 Å². The average molecular weight is 146 g/mol. The van der Waals surface area contributed by atoms with Crippen molar-refractivity contribution in [3.63, 3.8) is 0 Å². The van der Waals surface area contributed by atoms with Crippen LogP contribution in [-0.2, 0) is 0 Å². The molecule has 8 heavy (non-hydrogen) atoms. The lowest BCUT2D eigenvalue weighted by Crippen LogP contribution is -2.08. The van der Waals surface area contributed by atoms with E-state index in [2.05, 4.69) is 5.92 Å². The van der Waals surface area contributed by atoms with Gasteiger partial charge in [0.25, 0.3) is 0 Å². The summed E-state index contributed by atoms with van der Waals surface area (Å²) in [5, 5.41) is 0. The van der Waals surface area contributed by atoms with Crippen LogP contribution in [0.15, 0.2) is 0 Å². The highest BCUT2D eigenvalue weighted by molar-refractivity contribution is 8.18. The number of rotatable bonds is 2. The Bertz CT molecular complexity index is 97.6. The van der Waals surface area contributed by atoms with Gasteiger partial charge >= 0.3 is 0 Å². The largest absolute Gasteiger partial charge is 0.135 e. The Labute approximate surface area is 59.8 Å². The fourth-order valence-electron chi connectivity index (χ4n) is 0.201. The van der Waals surface area contributed by atoms with Crippen LogP contribution in [0.1, 0.15) is 6.92 Å². The van der Waals surface area contributed by atoms with Gasteiger partial charge in [0.15, 0.2) is 0 Å². The molecule has 0 amide bonds. The minimum absolute atomic E-state index is 0.0139. The summed E-state index contributed by atoms with van der Waals surface area (Å²) in [6, 6.07) is 0. The Morgan fingerprint density at radius 1 is 1.38 bits per heavy atom. The van der Waals surface area contributed by atoms with Gasteiger partial charge in [0.05, 0.1) is 0 Å². The molecule has 0 heterocycles. The van der Waals surface area contributed by atoms with Crippen LogP contribution in [0, 0.1) is 12.3 Å². The highest BCUT2D eigenvalue weighted by Crippen LogP contribution is 2.31. The SMILES string of the molecule is C#CC(C)(SC)SC. The second kappa shape index (κ2) is 3.32. The van der Waals surface area contributed by atoms with Gasteiger partial charge < -0.3 is 0 Å². The standard InChI is InChI=1S/C6H10S2/c1-5-6(2,7-3)8-4/h1H,2-4H3. The van der Waals surface area contributed by atoms with Crippen molar-refractivity contribution in [1.29, 1.82) is 0 Å². The Hall–Kier alpha value is 0.260. The topological polar surface area (TPSA) is 0 Å². The predicted octanol–water partition coefficient (Wildman–Crippen LogP) is 2.06. The molecule has 0 N–H and O–H groups in total. The van der Waals surface area contributed by atoms with Crippen molar-refractivity contribution in [2.24, 2.45) is 0 Å². The summed E-state index contributed by atoms with van der Waals surface area (Å²) >= 11 is 3.40. The highest BCUT2D eigenvalue weighted by atomic mass is 32.2. The molecule has 0 atom stereocenters. The molecule has 0 aromatic carbocycles. The van der Waals surface area contributed by atoms with Crippen LogP contribution in [0.4, 0.5) is 0 Å². The summed E-state index contributed by atoms with van der Waals surface area (Å²) in [5.41, 5.74) is 0. The molecule has 0 saturated heterocycles. The molecule has 0 aliphatic carbocycles. The first-order valence-corrected chi connectivity index (χ1v) is 4.71. The van der Waals surface area contributed by atoms with Gasteiger partial charge in [-0.15, -0.1) is 29.9 Å². The molecule has 0 nitrogen and oxygen atoms in total. The maximum Gasteiger partial charge on any atom is 0.118 e. The van der Waals surface area contributed by atoms with Crippen molar-refractivity contribution >= 4 is 23.5 Å². The molecular formula is C6H10S2. The summed E-state index contributed by atoms with van der Waals surface area (Å²) in [6.45, 7) is 2.04. The Morgan fingerprint density at radius 2 is 1.75 bits per heavy atom. The molecule has 0 aliphatic heterocycles.